The van der Waals surface area contributed by atoms with Crippen molar-refractivity contribution in [3.05, 3.63) is 82.7 Å². The summed E-state index contributed by atoms with van der Waals surface area (Å²) in [6.45, 7) is 3.93. The van der Waals surface area contributed by atoms with Gasteiger partial charge in [0, 0.05) is 27.4 Å². The number of hydrogen-bond acceptors (Lipinski definition) is 4. The predicted molar refractivity (Wildman–Crippen MR) is 104 cm³/mol. The predicted octanol–water partition coefficient (Wildman–Crippen LogP) is 4.95. The summed E-state index contributed by atoms with van der Waals surface area (Å²) in [6, 6.07) is 17.8. The van der Waals surface area contributed by atoms with E-state index in [1.54, 1.807) is 0 Å². The molecule has 26 heavy (non-hydrogen) atoms. The molecule has 2 aromatic heterocycles. The lowest BCUT2D eigenvalue weighted by molar-refractivity contribution is 0.872. The molecular formula is C21H17ClN4. The Morgan fingerprint density at radius 2 is 1.46 bits per heavy atom. The van der Waals surface area contributed by atoms with E-state index in [2.05, 4.69) is 9.97 Å². The van der Waals surface area contributed by atoms with Gasteiger partial charge in [-0.2, -0.15) is 0 Å². The first-order chi connectivity index (χ1) is 12.6. The molecule has 0 atom stereocenters. The minimum absolute atomic E-state index is 0.477. The van der Waals surface area contributed by atoms with Crippen molar-refractivity contribution in [1.82, 2.24) is 19.9 Å². The molecule has 0 saturated heterocycles. The van der Waals surface area contributed by atoms with Crippen molar-refractivity contribution in [2.75, 3.05) is 0 Å². The summed E-state index contributed by atoms with van der Waals surface area (Å²) < 4.78 is 0. The summed E-state index contributed by atoms with van der Waals surface area (Å²) in [5.74, 6) is 1.41. The number of hydrogen-bond donors (Lipinski definition) is 0. The number of aromatic nitrogens is 4. The lowest BCUT2D eigenvalue weighted by Gasteiger charge is -2.09. The second kappa shape index (κ2) is 6.81. The third-order valence-corrected chi connectivity index (χ3v) is 4.33. The average molecular weight is 361 g/mol. The van der Waals surface area contributed by atoms with Gasteiger partial charge in [-0.05, 0) is 38.1 Å². The molecule has 0 spiro atoms. The molecule has 0 aliphatic rings. The van der Waals surface area contributed by atoms with E-state index in [0.29, 0.717) is 17.3 Å². The second-order valence-electron chi connectivity index (χ2n) is 6.26. The number of halogens is 1. The minimum atomic E-state index is 0.477. The Hall–Kier alpha value is -2.85. The van der Waals surface area contributed by atoms with Crippen molar-refractivity contribution in [3.63, 3.8) is 0 Å². The summed E-state index contributed by atoms with van der Waals surface area (Å²) in [5, 5.41) is 1.63. The highest BCUT2D eigenvalue weighted by atomic mass is 35.5. The fourth-order valence-electron chi connectivity index (χ4n) is 3.07. The molecule has 0 aliphatic heterocycles. The molecule has 128 valence electrons. The molecule has 0 fully saturated rings. The minimum Gasteiger partial charge on any atom is -0.238 e. The lowest BCUT2D eigenvalue weighted by atomic mass is 10.1. The van der Waals surface area contributed by atoms with Crippen LogP contribution >= 0.6 is 11.6 Å². The average Bonchev–Trinajstić information content (AvgIpc) is 2.60. The normalized spacial score (nSPS) is 11.0. The topological polar surface area (TPSA) is 51.6 Å². The van der Waals surface area contributed by atoms with Crippen LogP contribution in [0.5, 0.6) is 0 Å². The molecule has 4 aromatic rings. The van der Waals surface area contributed by atoms with E-state index < -0.39 is 0 Å². The van der Waals surface area contributed by atoms with Gasteiger partial charge in [0.05, 0.1) is 17.6 Å². The van der Waals surface area contributed by atoms with Crippen LogP contribution in [0.15, 0.2) is 54.6 Å². The SMILES string of the molecule is Cc1cc(C)nc(Cc2nc(-c3ccccc3)c3ccc(Cl)cc3n2)n1. The van der Waals surface area contributed by atoms with E-state index in [-0.39, 0.29) is 0 Å². The van der Waals surface area contributed by atoms with Crippen molar-refractivity contribution in [3.8, 4) is 11.3 Å². The molecule has 4 nitrogen and oxygen atoms in total. The standard InChI is InChI=1S/C21H17ClN4/c1-13-10-14(2)24-19(23-13)12-20-25-18-11-16(22)8-9-17(18)21(26-20)15-6-4-3-5-7-15/h3-11H,12H2,1-2H3. The highest BCUT2D eigenvalue weighted by molar-refractivity contribution is 6.31. The van der Waals surface area contributed by atoms with Crippen molar-refractivity contribution >= 4 is 22.5 Å². The fraction of sp³-hybridized carbons (Fsp3) is 0.143. The highest BCUT2D eigenvalue weighted by Gasteiger charge is 2.12. The molecular weight excluding hydrogens is 344 g/mol. The summed E-state index contributed by atoms with van der Waals surface area (Å²) in [4.78, 5) is 18.5. The van der Waals surface area contributed by atoms with Gasteiger partial charge in [0.15, 0.2) is 0 Å². The molecule has 2 aromatic carbocycles. The molecule has 0 unspecified atom stereocenters. The van der Waals surface area contributed by atoms with Gasteiger partial charge in [-0.15, -0.1) is 0 Å². The number of nitrogens with zero attached hydrogens (tertiary/aromatic N) is 4. The highest BCUT2D eigenvalue weighted by Crippen LogP contribution is 2.28. The van der Waals surface area contributed by atoms with E-state index in [9.17, 15) is 0 Å². The Morgan fingerprint density at radius 3 is 2.19 bits per heavy atom. The molecule has 0 radical (unpaired) electrons. The first-order valence-corrected chi connectivity index (χ1v) is 8.79. The van der Waals surface area contributed by atoms with E-state index >= 15 is 0 Å². The third kappa shape index (κ3) is 3.41. The van der Waals surface area contributed by atoms with Crippen LogP contribution in [0.25, 0.3) is 22.2 Å². The van der Waals surface area contributed by atoms with Crippen molar-refractivity contribution in [1.29, 1.82) is 0 Å². The zero-order chi connectivity index (χ0) is 18.1. The van der Waals surface area contributed by atoms with Crippen molar-refractivity contribution in [2.45, 2.75) is 20.3 Å². The molecule has 0 saturated carbocycles. The number of aryl methyl sites for hydroxylation is 2. The van der Waals surface area contributed by atoms with Gasteiger partial charge in [-0.1, -0.05) is 41.9 Å². The third-order valence-electron chi connectivity index (χ3n) is 4.10. The van der Waals surface area contributed by atoms with E-state index in [1.807, 2.05) is 68.4 Å². The summed E-state index contributed by atoms with van der Waals surface area (Å²) >= 11 is 6.19. The molecule has 4 rings (SSSR count). The molecule has 0 N–H and O–H groups in total. The Morgan fingerprint density at radius 1 is 0.769 bits per heavy atom. The van der Waals surface area contributed by atoms with Gasteiger partial charge < -0.3 is 0 Å². The number of benzene rings is 2. The van der Waals surface area contributed by atoms with E-state index in [4.69, 9.17) is 21.6 Å². The monoisotopic (exact) mass is 360 g/mol. The Bertz CT molecular complexity index is 1070. The fourth-order valence-corrected chi connectivity index (χ4v) is 3.23. The number of rotatable bonds is 3. The summed E-state index contributed by atoms with van der Waals surface area (Å²) in [6.07, 6.45) is 0.477. The van der Waals surface area contributed by atoms with Gasteiger partial charge in [0.25, 0.3) is 0 Å². The smallest absolute Gasteiger partial charge is 0.137 e. The largest absolute Gasteiger partial charge is 0.238 e. The van der Waals surface area contributed by atoms with Crippen molar-refractivity contribution in [2.24, 2.45) is 0 Å². The second-order valence-corrected chi connectivity index (χ2v) is 6.70. The van der Waals surface area contributed by atoms with Crippen molar-refractivity contribution < 1.29 is 0 Å². The van der Waals surface area contributed by atoms with Crippen LogP contribution in [-0.4, -0.2) is 19.9 Å². The zero-order valence-corrected chi connectivity index (χ0v) is 15.3. The zero-order valence-electron chi connectivity index (χ0n) is 14.6. The molecule has 0 amide bonds. The maximum atomic E-state index is 6.19. The Balaban J connectivity index is 1.87. The van der Waals surface area contributed by atoms with Gasteiger partial charge in [-0.25, -0.2) is 19.9 Å². The van der Waals surface area contributed by atoms with Gasteiger partial charge in [0.2, 0.25) is 0 Å². The van der Waals surface area contributed by atoms with Gasteiger partial charge in [0.1, 0.15) is 11.6 Å². The van der Waals surface area contributed by atoms with Crippen LogP contribution < -0.4 is 0 Å². The van der Waals surface area contributed by atoms with Crippen LogP contribution in [0.4, 0.5) is 0 Å². The van der Waals surface area contributed by atoms with Gasteiger partial charge >= 0.3 is 0 Å². The van der Waals surface area contributed by atoms with Crippen LogP contribution in [0.2, 0.25) is 5.02 Å². The maximum Gasteiger partial charge on any atom is 0.137 e. The summed E-state index contributed by atoms with van der Waals surface area (Å²) in [5.41, 5.74) is 4.65. The first kappa shape index (κ1) is 16.6. The maximum absolute atomic E-state index is 6.19. The quantitative estimate of drug-likeness (QED) is 0.518. The molecule has 2 heterocycles. The van der Waals surface area contributed by atoms with Crippen LogP contribution in [0, 0.1) is 13.8 Å². The van der Waals surface area contributed by atoms with Crippen LogP contribution in [0.1, 0.15) is 23.0 Å². The molecule has 5 heteroatoms. The Labute approximate surface area is 157 Å². The molecule has 0 aliphatic carbocycles. The van der Waals surface area contributed by atoms with Crippen LogP contribution in [0.3, 0.4) is 0 Å². The van der Waals surface area contributed by atoms with Gasteiger partial charge in [-0.3, -0.25) is 0 Å². The van der Waals surface area contributed by atoms with Crippen LogP contribution in [-0.2, 0) is 6.42 Å². The Kier molecular flexibility index (Phi) is 4.35. The molecule has 0 bridgehead atoms. The summed E-state index contributed by atoms with van der Waals surface area (Å²) in [7, 11) is 0. The number of fused-ring (bicyclic) bond motifs is 1. The van der Waals surface area contributed by atoms with E-state index in [0.717, 1.165) is 39.4 Å². The first-order valence-electron chi connectivity index (χ1n) is 8.41. The van der Waals surface area contributed by atoms with E-state index in [1.165, 1.54) is 0 Å². The lowest BCUT2D eigenvalue weighted by Crippen LogP contribution is -2.05.